The van der Waals surface area contributed by atoms with Gasteiger partial charge in [0.1, 0.15) is 0 Å². The monoisotopic (exact) mass is 299 g/mol. The normalized spacial score (nSPS) is 19.9. The molecule has 1 saturated heterocycles. The lowest BCUT2D eigenvalue weighted by molar-refractivity contribution is -0.143. The van der Waals surface area contributed by atoms with E-state index in [1.165, 1.54) is 11.8 Å². The third-order valence-electron chi connectivity index (χ3n) is 3.62. The Balaban J connectivity index is 1.84. The minimum Gasteiger partial charge on any atom is -0.465 e. The number of benzene rings is 1. The van der Waals surface area contributed by atoms with Crippen LogP contribution in [0.1, 0.15) is 18.9 Å². The largest absolute Gasteiger partial charge is 0.465 e. The highest BCUT2D eigenvalue weighted by atomic mass is 16.5. The maximum Gasteiger partial charge on any atom is 0.328 e. The third kappa shape index (κ3) is 4.68. The van der Waals surface area contributed by atoms with E-state index >= 15 is 0 Å². The van der Waals surface area contributed by atoms with E-state index in [0.717, 1.165) is 26.1 Å². The van der Waals surface area contributed by atoms with Gasteiger partial charge in [-0.2, -0.15) is 5.26 Å². The zero-order valence-electron chi connectivity index (χ0n) is 12.8. The van der Waals surface area contributed by atoms with Gasteiger partial charge in [0, 0.05) is 25.8 Å². The quantitative estimate of drug-likeness (QED) is 0.595. The van der Waals surface area contributed by atoms with Crippen molar-refractivity contribution >= 4 is 12.2 Å². The molecule has 0 bridgehead atoms. The van der Waals surface area contributed by atoms with Crippen LogP contribution in [0.15, 0.2) is 35.3 Å². The molecular weight excluding hydrogens is 278 g/mol. The van der Waals surface area contributed by atoms with E-state index in [1.54, 1.807) is 6.92 Å². The summed E-state index contributed by atoms with van der Waals surface area (Å²) in [5.74, 6) is -1.42. The van der Waals surface area contributed by atoms with Crippen molar-refractivity contribution in [3.05, 3.63) is 35.9 Å². The molecule has 2 atom stereocenters. The first-order valence-electron chi connectivity index (χ1n) is 7.58. The molecule has 0 spiro atoms. The van der Waals surface area contributed by atoms with Gasteiger partial charge in [-0.15, -0.1) is 0 Å². The molecule has 22 heavy (non-hydrogen) atoms. The summed E-state index contributed by atoms with van der Waals surface area (Å²) in [5.41, 5.74) is 1.29. The molecule has 1 aromatic rings. The molecule has 0 N–H and O–H groups in total. The van der Waals surface area contributed by atoms with Crippen LogP contribution >= 0.6 is 0 Å². The van der Waals surface area contributed by atoms with Crippen LogP contribution in [0.4, 0.5) is 0 Å². The van der Waals surface area contributed by atoms with Gasteiger partial charge in [-0.25, -0.2) is 0 Å². The Bertz CT molecular complexity index is 551. The lowest BCUT2D eigenvalue weighted by Gasteiger charge is -2.14. The number of carbonyl (C=O) groups is 1. The highest BCUT2D eigenvalue weighted by Gasteiger charge is 2.23. The number of carbonyl (C=O) groups excluding carboxylic acids is 1. The van der Waals surface area contributed by atoms with Crippen molar-refractivity contribution in [1.29, 1.82) is 5.26 Å². The number of hydrogen-bond acceptors (Lipinski definition) is 5. The molecular formula is C17H21N3O2. The summed E-state index contributed by atoms with van der Waals surface area (Å²) in [4.78, 5) is 18.3. The molecule has 1 heterocycles. The van der Waals surface area contributed by atoms with E-state index in [9.17, 15) is 4.79 Å². The zero-order chi connectivity index (χ0) is 15.8. The maximum atomic E-state index is 11.5. The molecule has 0 radical (unpaired) electrons. The summed E-state index contributed by atoms with van der Waals surface area (Å²) in [5, 5.41) is 8.99. The molecule has 5 heteroatoms. The molecule has 1 aliphatic heterocycles. The topological polar surface area (TPSA) is 65.7 Å². The molecule has 0 amide bonds. The van der Waals surface area contributed by atoms with Crippen molar-refractivity contribution in [2.45, 2.75) is 25.9 Å². The first kappa shape index (κ1) is 16.2. The molecule has 5 nitrogen and oxygen atoms in total. The van der Waals surface area contributed by atoms with Crippen molar-refractivity contribution in [2.24, 2.45) is 10.9 Å². The lowest BCUT2D eigenvalue weighted by atomic mass is 10.2. The average molecular weight is 299 g/mol. The van der Waals surface area contributed by atoms with Crippen molar-refractivity contribution in [2.75, 3.05) is 19.7 Å². The molecule has 116 valence electrons. The van der Waals surface area contributed by atoms with E-state index in [1.807, 2.05) is 24.3 Å². The Labute approximate surface area is 131 Å². The molecule has 0 aliphatic carbocycles. The number of likely N-dealkylation sites (tertiary alicyclic amines) is 1. The van der Waals surface area contributed by atoms with Crippen LogP contribution in [0.5, 0.6) is 0 Å². The lowest BCUT2D eigenvalue weighted by Crippen LogP contribution is -2.22. The van der Waals surface area contributed by atoms with Crippen LogP contribution in [-0.4, -0.2) is 42.8 Å². The van der Waals surface area contributed by atoms with E-state index in [0.29, 0.717) is 0 Å². The summed E-state index contributed by atoms with van der Waals surface area (Å²) in [6.45, 7) is 4.74. The number of nitriles is 1. The predicted octanol–water partition coefficient (Wildman–Crippen LogP) is 2.03. The number of rotatable bonds is 6. The highest BCUT2D eigenvalue weighted by molar-refractivity contribution is 5.92. The third-order valence-corrected chi connectivity index (χ3v) is 3.62. The molecule has 0 aromatic heterocycles. The van der Waals surface area contributed by atoms with Crippen LogP contribution in [0, 0.1) is 17.2 Å². The SMILES string of the molecule is CCOC(=O)[C@@H](C#N)C=N[C@@H]1CCN(Cc2ccccc2)C1. The maximum absolute atomic E-state index is 11.5. The highest BCUT2D eigenvalue weighted by Crippen LogP contribution is 2.16. The minimum atomic E-state index is -0.900. The number of ether oxygens (including phenoxy) is 1. The van der Waals surface area contributed by atoms with Gasteiger partial charge in [-0.3, -0.25) is 14.7 Å². The molecule has 0 unspecified atom stereocenters. The molecule has 1 fully saturated rings. The molecule has 2 rings (SSSR count). The average Bonchev–Trinajstić information content (AvgIpc) is 2.97. The van der Waals surface area contributed by atoms with E-state index in [2.05, 4.69) is 22.0 Å². The minimum absolute atomic E-state index is 0.147. The van der Waals surface area contributed by atoms with Gasteiger partial charge in [-0.05, 0) is 18.9 Å². The predicted molar refractivity (Wildman–Crippen MR) is 84.4 cm³/mol. The summed E-state index contributed by atoms with van der Waals surface area (Å²) in [6.07, 6.45) is 2.39. The number of aliphatic imine (C=N–C) groups is 1. The van der Waals surface area contributed by atoms with Crippen LogP contribution in [0.3, 0.4) is 0 Å². The molecule has 1 aromatic carbocycles. The summed E-state index contributed by atoms with van der Waals surface area (Å²) < 4.78 is 4.85. The van der Waals surface area contributed by atoms with Gasteiger partial charge in [0.15, 0.2) is 5.92 Å². The van der Waals surface area contributed by atoms with E-state index in [-0.39, 0.29) is 12.6 Å². The van der Waals surface area contributed by atoms with Crippen LogP contribution in [-0.2, 0) is 16.1 Å². The second-order valence-electron chi connectivity index (χ2n) is 5.32. The summed E-state index contributed by atoms with van der Waals surface area (Å²) in [6, 6.07) is 12.4. The van der Waals surface area contributed by atoms with Crippen molar-refractivity contribution in [3.8, 4) is 6.07 Å². The van der Waals surface area contributed by atoms with Gasteiger partial charge >= 0.3 is 5.97 Å². The first-order chi connectivity index (χ1) is 10.7. The Morgan fingerprint density at radius 2 is 2.32 bits per heavy atom. The van der Waals surface area contributed by atoms with Crippen molar-refractivity contribution in [1.82, 2.24) is 4.90 Å². The van der Waals surface area contributed by atoms with Gasteiger partial charge < -0.3 is 4.74 Å². The van der Waals surface area contributed by atoms with Gasteiger partial charge in [0.25, 0.3) is 0 Å². The summed E-state index contributed by atoms with van der Waals surface area (Å²) in [7, 11) is 0. The van der Waals surface area contributed by atoms with Gasteiger partial charge in [0.2, 0.25) is 0 Å². The standard InChI is InChI=1S/C17H21N3O2/c1-2-22-17(21)15(10-18)11-19-16-8-9-20(13-16)12-14-6-4-3-5-7-14/h3-7,11,15-16H,2,8-9,12-13H2,1H3/t15-,16+/m0/s1. The van der Waals surface area contributed by atoms with Crippen LogP contribution in [0.25, 0.3) is 0 Å². The first-order valence-corrected chi connectivity index (χ1v) is 7.58. The van der Waals surface area contributed by atoms with Crippen molar-refractivity contribution < 1.29 is 9.53 Å². The van der Waals surface area contributed by atoms with Crippen molar-refractivity contribution in [3.63, 3.8) is 0 Å². The van der Waals surface area contributed by atoms with E-state index in [4.69, 9.17) is 10.00 Å². The zero-order valence-corrected chi connectivity index (χ0v) is 12.8. The molecule has 1 aliphatic rings. The smallest absolute Gasteiger partial charge is 0.328 e. The van der Waals surface area contributed by atoms with E-state index < -0.39 is 11.9 Å². The second-order valence-corrected chi connectivity index (χ2v) is 5.32. The molecule has 0 saturated carbocycles. The van der Waals surface area contributed by atoms with Crippen LogP contribution in [0.2, 0.25) is 0 Å². The number of esters is 1. The fourth-order valence-corrected chi connectivity index (χ4v) is 2.51. The van der Waals surface area contributed by atoms with Crippen LogP contribution < -0.4 is 0 Å². The number of nitrogens with zero attached hydrogens (tertiary/aromatic N) is 3. The fraction of sp³-hybridized carbons (Fsp3) is 0.471. The van der Waals surface area contributed by atoms with Gasteiger partial charge in [-0.1, -0.05) is 30.3 Å². The number of hydrogen-bond donors (Lipinski definition) is 0. The second kappa shape index (κ2) is 8.30. The Morgan fingerprint density at radius 3 is 3.00 bits per heavy atom. The Kier molecular flexibility index (Phi) is 6.11. The summed E-state index contributed by atoms with van der Waals surface area (Å²) >= 11 is 0. The fourth-order valence-electron chi connectivity index (χ4n) is 2.51. The Morgan fingerprint density at radius 1 is 1.55 bits per heavy atom. The Hall–Kier alpha value is -2.19. The van der Waals surface area contributed by atoms with Gasteiger partial charge in [0.05, 0.1) is 18.7 Å².